The lowest BCUT2D eigenvalue weighted by Crippen LogP contribution is -2.57. The third-order valence-electron chi connectivity index (χ3n) is 8.57. The van der Waals surface area contributed by atoms with Crippen molar-refractivity contribution in [1.82, 2.24) is 14.8 Å². The lowest BCUT2D eigenvalue weighted by atomic mass is 9.86. The summed E-state index contributed by atoms with van der Waals surface area (Å²) >= 11 is 6.81. The summed E-state index contributed by atoms with van der Waals surface area (Å²) in [6, 6.07) is 3.63. The van der Waals surface area contributed by atoms with Gasteiger partial charge in [-0.3, -0.25) is 9.59 Å². The van der Waals surface area contributed by atoms with Crippen molar-refractivity contribution in [1.29, 1.82) is 0 Å². The molecule has 0 bridgehead atoms. The first-order chi connectivity index (χ1) is 18.3. The van der Waals surface area contributed by atoms with Gasteiger partial charge in [0.15, 0.2) is 5.75 Å². The molecule has 2 saturated heterocycles. The van der Waals surface area contributed by atoms with E-state index >= 15 is 4.39 Å². The van der Waals surface area contributed by atoms with Crippen molar-refractivity contribution >= 4 is 29.2 Å². The number of ether oxygens (including phenoxy) is 1. The van der Waals surface area contributed by atoms with Gasteiger partial charge < -0.3 is 24.5 Å². The van der Waals surface area contributed by atoms with Gasteiger partial charge in [0, 0.05) is 32.7 Å². The lowest BCUT2D eigenvalue weighted by molar-refractivity contribution is -0.128. The maximum Gasteiger partial charge on any atom is 0.261 e. The van der Waals surface area contributed by atoms with Crippen LogP contribution >= 0.6 is 11.6 Å². The van der Waals surface area contributed by atoms with E-state index in [0.29, 0.717) is 32.0 Å². The second kappa shape index (κ2) is 9.45. The molecule has 4 aliphatic rings. The van der Waals surface area contributed by atoms with Crippen LogP contribution in [0, 0.1) is 11.2 Å². The van der Waals surface area contributed by atoms with Gasteiger partial charge in [-0.05, 0) is 42.9 Å². The van der Waals surface area contributed by atoms with Crippen LogP contribution in [-0.2, 0) is 4.79 Å². The molecular weight excluding hydrogens is 511 g/mol. The molecule has 1 saturated carbocycles. The zero-order valence-corrected chi connectivity index (χ0v) is 21.8. The van der Waals surface area contributed by atoms with Gasteiger partial charge in [0.05, 0.1) is 11.6 Å². The Bertz CT molecular complexity index is 1310. The molecule has 38 heavy (non-hydrogen) atoms. The fourth-order valence-electron chi connectivity index (χ4n) is 6.57. The first-order valence-corrected chi connectivity index (χ1v) is 13.5. The van der Waals surface area contributed by atoms with E-state index in [1.54, 1.807) is 9.80 Å². The number of hydrogen-bond donors (Lipinski definition) is 1. The SMILES string of the molecule is C=CC(=O)N1CCN2C(=O)c3c(N4CCC5(CCCC5)C4)nc(-c4c(O)cccc4F)c(Cl)c3OCC2C1. The average molecular weight is 541 g/mol. The smallest absolute Gasteiger partial charge is 0.261 e. The fourth-order valence-corrected chi connectivity index (χ4v) is 6.85. The van der Waals surface area contributed by atoms with E-state index in [1.807, 2.05) is 0 Å². The molecule has 4 heterocycles. The number of carbonyl (C=O) groups excluding carboxylic acids is 2. The number of phenolic OH excluding ortho intramolecular Hbond substituents is 1. The standard InChI is InChI=1S/C28H30ClFN4O4/c1-2-20(36)32-12-13-34-17(14-32)15-38-25-22(27(34)37)26(33-11-10-28(16-33)8-3-4-9-28)31-24(23(25)29)21-18(30)6-5-7-19(21)35/h2,5-7,17,35H,1,3-4,8-16H2. The van der Waals surface area contributed by atoms with E-state index in [4.69, 9.17) is 21.3 Å². The van der Waals surface area contributed by atoms with Gasteiger partial charge in [0.1, 0.15) is 40.3 Å². The Hall–Kier alpha value is -3.33. The highest BCUT2D eigenvalue weighted by Gasteiger charge is 2.45. The van der Waals surface area contributed by atoms with E-state index in [2.05, 4.69) is 11.5 Å². The molecule has 1 atom stereocenters. The minimum atomic E-state index is -0.671. The number of nitrogens with zero attached hydrogens (tertiary/aromatic N) is 4. The fraction of sp³-hybridized carbons (Fsp3) is 0.464. The molecule has 3 aliphatic heterocycles. The Balaban J connectivity index is 1.48. The number of rotatable bonds is 3. The summed E-state index contributed by atoms with van der Waals surface area (Å²) in [4.78, 5) is 36.6. The molecule has 1 spiro atoms. The van der Waals surface area contributed by atoms with Crippen LogP contribution in [0.2, 0.25) is 5.02 Å². The third-order valence-corrected chi connectivity index (χ3v) is 8.92. The number of piperazine rings is 1. The Morgan fingerprint density at radius 1 is 1.21 bits per heavy atom. The summed E-state index contributed by atoms with van der Waals surface area (Å²) in [5.74, 6) is -0.890. The van der Waals surface area contributed by atoms with Gasteiger partial charge in [-0.25, -0.2) is 9.37 Å². The number of pyridine rings is 1. The van der Waals surface area contributed by atoms with E-state index in [-0.39, 0.29) is 63.2 Å². The summed E-state index contributed by atoms with van der Waals surface area (Å²) in [5.41, 5.74) is 0.356. The maximum atomic E-state index is 15.0. The van der Waals surface area contributed by atoms with Crippen molar-refractivity contribution in [3.05, 3.63) is 47.3 Å². The summed E-state index contributed by atoms with van der Waals surface area (Å²) in [6.45, 7) is 6.15. The second-order valence-electron chi connectivity index (χ2n) is 10.8. The zero-order chi connectivity index (χ0) is 26.6. The number of halogens is 2. The van der Waals surface area contributed by atoms with Gasteiger partial charge in [0.2, 0.25) is 5.91 Å². The molecule has 200 valence electrons. The minimum absolute atomic E-state index is 0.0221. The molecule has 1 aromatic carbocycles. The molecule has 8 nitrogen and oxygen atoms in total. The Morgan fingerprint density at radius 2 is 2.00 bits per heavy atom. The van der Waals surface area contributed by atoms with Crippen LogP contribution in [0.5, 0.6) is 11.5 Å². The molecule has 1 aliphatic carbocycles. The van der Waals surface area contributed by atoms with E-state index in [1.165, 1.54) is 37.1 Å². The van der Waals surface area contributed by atoms with E-state index < -0.39 is 5.82 Å². The van der Waals surface area contributed by atoms with Gasteiger partial charge in [0.25, 0.3) is 5.91 Å². The molecule has 3 fully saturated rings. The van der Waals surface area contributed by atoms with Crippen molar-refractivity contribution in [2.75, 3.05) is 44.2 Å². The van der Waals surface area contributed by atoms with Gasteiger partial charge in [-0.15, -0.1) is 0 Å². The number of anilines is 1. The third kappa shape index (κ3) is 3.99. The summed E-state index contributed by atoms with van der Waals surface area (Å²) in [6.07, 6.45) is 6.89. The van der Waals surface area contributed by atoms with Crippen LogP contribution < -0.4 is 9.64 Å². The van der Waals surface area contributed by atoms with Gasteiger partial charge in [-0.2, -0.15) is 0 Å². The van der Waals surface area contributed by atoms with E-state index in [0.717, 1.165) is 25.8 Å². The first kappa shape index (κ1) is 25.0. The van der Waals surface area contributed by atoms with Crippen LogP contribution in [0.15, 0.2) is 30.9 Å². The topological polar surface area (TPSA) is 86.2 Å². The largest absolute Gasteiger partial charge is 0.507 e. The van der Waals surface area contributed by atoms with Crippen molar-refractivity contribution in [3.8, 4) is 22.8 Å². The Kier molecular flexibility index (Phi) is 6.21. The predicted octanol–water partition coefficient (Wildman–Crippen LogP) is 4.25. The molecular formula is C28H30ClFN4O4. The molecule has 2 aromatic rings. The highest BCUT2D eigenvalue weighted by Crippen LogP contribution is 2.50. The van der Waals surface area contributed by atoms with Crippen LogP contribution in [0.1, 0.15) is 42.5 Å². The number of fused-ring (bicyclic) bond motifs is 2. The molecule has 2 amide bonds. The van der Waals surface area contributed by atoms with Crippen LogP contribution in [0.3, 0.4) is 0 Å². The number of amides is 2. The Morgan fingerprint density at radius 3 is 2.74 bits per heavy atom. The van der Waals surface area contributed by atoms with Gasteiger partial charge in [-0.1, -0.05) is 37.1 Å². The number of benzene rings is 1. The molecule has 1 unspecified atom stereocenters. The molecule has 1 aromatic heterocycles. The number of carbonyl (C=O) groups is 2. The maximum absolute atomic E-state index is 15.0. The van der Waals surface area contributed by atoms with Crippen molar-refractivity contribution in [2.24, 2.45) is 5.41 Å². The minimum Gasteiger partial charge on any atom is -0.507 e. The summed E-state index contributed by atoms with van der Waals surface area (Å²) in [7, 11) is 0. The molecule has 1 N–H and O–H groups in total. The molecule has 0 radical (unpaired) electrons. The quantitative estimate of drug-likeness (QED) is 0.586. The number of phenols is 1. The number of hydrogen-bond acceptors (Lipinski definition) is 6. The highest BCUT2D eigenvalue weighted by molar-refractivity contribution is 6.35. The molecule has 6 rings (SSSR count). The van der Waals surface area contributed by atoms with Crippen molar-refractivity contribution < 1.29 is 23.8 Å². The van der Waals surface area contributed by atoms with E-state index in [9.17, 15) is 14.7 Å². The number of aromatic hydroxyl groups is 1. The highest BCUT2D eigenvalue weighted by atomic mass is 35.5. The Labute approximate surface area is 225 Å². The summed E-state index contributed by atoms with van der Waals surface area (Å²) < 4.78 is 21.2. The van der Waals surface area contributed by atoms with Crippen LogP contribution in [0.25, 0.3) is 11.3 Å². The average Bonchev–Trinajstić information content (AvgIpc) is 3.53. The first-order valence-electron chi connectivity index (χ1n) is 13.1. The van der Waals surface area contributed by atoms with Crippen LogP contribution in [0.4, 0.5) is 10.2 Å². The van der Waals surface area contributed by atoms with Crippen molar-refractivity contribution in [3.63, 3.8) is 0 Å². The lowest BCUT2D eigenvalue weighted by Gasteiger charge is -2.39. The van der Waals surface area contributed by atoms with Crippen molar-refractivity contribution in [2.45, 2.75) is 38.1 Å². The monoisotopic (exact) mass is 540 g/mol. The van der Waals surface area contributed by atoms with Crippen LogP contribution in [-0.4, -0.2) is 77.1 Å². The second-order valence-corrected chi connectivity index (χ2v) is 11.1. The number of aromatic nitrogens is 1. The van der Waals surface area contributed by atoms with Gasteiger partial charge >= 0.3 is 0 Å². The summed E-state index contributed by atoms with van der Waals surface area (Å²) in [5, 5.41) is 10.5. The predicted molar refractivity (Wildman–Crippen MR) is 141 cm³/mol. The zero-order valence-electron chi connectivity index (χ0n) is 21.1. The normalized spacial score (nSPS) is 22.2. The molecule has 10 heteroatoms.